The molecule has 0 spiro atoms. The number of aliphatic carboxylic acids is 2. The maximum absolute atomic E-state index is 11.9. The molecule has 0 aliphatic carbocycles. The lowest BCUT2D eigenvalue weighted by Gasteiger charge is -2.18. The largest absolute Gasteiger partial charge is 0.481 e. The monoisotopic (exact) mass is 335 g/mol. The molecule has 0 fully saturated rings. The van der Waals surface area contributed by atoms with Crippen LogP contribution in [-0.4, -0.2) is 39.2 Å². The van der Waals surface area contributed by atoms with Crippen molar-refractivity contribution in [2.45, 2.75) is 31.7 Å². The van der Waals surface area contributed by atoms with Gasteiger partial charge < -0.3 is 15.1 Å². The minimum Gasteiger partial charge on any atom is -0.481 e. The normalized spacial score (nSPS) is 15.3. The van der Waals surface area contributed by atoms with Gasteiger partial charge in [-0.05, 0) is 41.7 Å². The van der Waals surface area contributed by atoms with Crippen molar-refractivity contribution in [3.05, 3.63) is 22.4 Å². The third-order valence-electron chi connectivity index (χ3n) is 2.81. The van der Waals surface area contributed by atoms with E-state index < -0.39 is 25.5 Å². The van der Waals surface area contributed by atoms with Crippen molar-refractivity contribution in [3.8, 4) is 0 Å². The van der Waals surface area contributed by atoms with Crippen LogP contribution in [0.5, 0.6) is 0 Å². The van der Waals surface area contributed by atoms with E-state index in [2.05, 4.69) is 5.09 Å². The smallest absolute Gasteiger partial charge is 0.321 e. The minimum absolute atomic E-state index is 0.0559. The molecule has 0 radical (unpaired) electrons. The summed E-state index contributed by atoms with van der Waals surface area (Å²) >= 11 is 1.54. The predicted octanol–water partition coefficient (Wildman–Crippen LogP) is 1.77. The SMILES string of the molecule is O=C(O)CCC(NP(=O)(O)CCCc1ccsc1)C(=O)O. The first kappa shape index (κ1) is 17.8. The van der Waals surface area contributed by atoms with Crippen molar-refractivity contribution in [3.63, 3.8) is 0 Å². The molecule has 1 aromatic heterocycles. The summed E-state index contributed by atoms with van der Waals surface area (Å²) in [5, 5.41) is 23.5. The molecule has 1 heterocycles. The third kappa shape index (κ3) is 7.38. The Hall–Kier alpha value is -1.21. The van der Waals surface area contributed by atoms with Crippen molar-refractivity contribution in [2.75, 3.05) is 6.16 Å². The van der Waals surface area contributed by atoms with Gasteiger partial charge in [-0.25, -0.2) is 5.09 Å². The van der Waals surface area contributed by atoms with Gasteiger partial charge in [-0.3, -0.25) is 14.2 Å². The van der Waals surface area contributed by atoms with E-state index in [1.807, 2.05) is 16.8 Å². The van der Waals surface area contributed by atoms with Crippen LogP contribution in [0.1, 0.15) is 24.8 Å². The van der Waals surface area contributed by atoms with Crippen molar-refractivity contribution in [1.29, 1.82) is 0 Å². The fourth-order valence-electron chi connectivity index (χ4n) is 1.75. The van der Waals surface area contributed by atoms with Crippen LogP contribution in [0.4, 0.5) is 0 Å². The lowest BCUT2D eigenvalue weighted by atomic mass is 10.2. The van der Waals surface area contributed by atoms with Gasteiger partial charge in [-0.1, -0.05) is 0 Å². The highest BCUT2D eigenvalue weighted by atomic mass is 32.1. The molecule has 7 nitrogen and oxygen atoms in total. The van der Waals surface area contributed by atoms with Crippen LogP contribution in [0, 0.1) is 0 Å². The molecule has 2 unspecified atom stereocenters. The standard InChI is InChI=1S/C12H18NO6PS/c14-11(15)4-3-10(12(16)17)13-20(18,19)6-1-2-9-5-7-21-8-9/h5,7-8,10H,1-4,6H2,(H,14,15)(H,16,17)(H2,13,18,19). The molecule has 0 aromatic carbocycles. The van der Waals surface area contributed by atoms with Crippen molar-refractivity contribution in [1.82, 2.24) is 5.09 Å². The van der Waals surface area contributed by atoms with Gasteiger partial charge >= 0.3 is 11.9 Å². The predicted molar refractivity (Wildman–Crippen MR) is 78.8 cm³/mol. The van der Waals surface area contributed by atoms with Gasteiger partial charge in [-0.2, -0.15) is 11.3 Å². The minimum atomic E-state index is -3.80. The maximum Gasteiger partial charge on any atom is 0.321 e. The summed E-state index contributed by atoms with van der Waals surface area (Å²) in [5.74, 6) is -2.48. The van der Waals surface area contributed by atoms with E-state index in [1.54, 1.807) is 11.3 Å². The number of hydrogen-bond acceptors (Lipinski definition) is 4. The van der Waals surface area contributed by atoms with Gasteiger partial charge in [0.2, 0.25) is 0 Å². The zero-order valence-corrected chi connectivity index (χ0v) is 13.0. The first-order valence-corrected chi connectivity index (χ1v) is 9.14. The maximum atomic E-state index is 11.9. The van der Waals surface area contributed by atoms with Crippen molar-refractivity contribution >= 4 is 30.8 Å². The summed E-state index contributed by atoms with van der Waals surface area (Å²) in [6.07, 6.45) is 0.420. The number of carbonyl (C=O) groups is 2. The Balaban J connectivity index is 2.45. The molecule has 1 aromatic rings. The summed E-state index contributed by atoms with van der Waals surface area (Å²) < 4.78 is 11.9. The first-order valence-electron chi connectivity index (χ1n) is 6.35. The van der Waals surface area contributed by atoms with Crippen molar-refractivity contribution in [2.24, 2.45) is 0 Å². The van der Waals surface area contributed by atoms with Crippen LogP contribution in [0.25, 0.3) is 0 Å². The highest BCUT2D eigenvalue weighted by Gasteiger charge is 2.27. The van der Waals surface area contributed by atoms with E-state index in [1.165, 1.54) is 0 Å². The molecule has 2 atom stereocenters. The molecule has 0 saturated carbocycles. The van der Waals surface area contributed by atoms with E-state index in [0.717, 1.165) is 5.56 Å². The van der Waals surface area contributed by atoms with Crippen LogP contribution >= 0.6 is 18.9 Å². The Bertz CT molecular complexity index is 518. The molecule has 0 amide bonds. The van der Waals surface area contributed by atoms with E-state index in [4.69, 9.17) is 10.2 Å². The van der Waals surface area contributed by atoms with Crippen LogP contribution in [-0.2, 0) is 20.6 Å². The van der Waals surface area contributed by atoms with Gasteiger partial charge in [0.1, 0.15) is 6.04 Å². The molecule has 118 valence electrons. The second-order valence-corrected chi connectivity index (χ2v) is 7.50. The molecule has 4 N–H and O–H groups in total. The molecular formula is C12H18NO6PS. The highest BCUT2D eigenvalue weighted by Crippen LogP contribution is 2.37. The number of rotatable bonds is 10. The van der Waals surface area contributed by atoms with Crippen LogP contribution in [0.2, 0.25) is 0 Å². The van der Waals surface area contributed by atoms with E-state index in [9.17, 15) is 19.0 Å². The van der Waals surface area contributed by atoms with Gasteiger partial charge in [0.05, 0.1) is 0 Å². The summed E-state index contributed by atoms with van der Waals surface area (Å²) in [5.41, 5.74) is 1.07. The van der Waals surface area contributed by atoms with Gasteiger partial charge in [0.25, 0.3) is 7.52 Å². The Kier molecular flexibility index (Phi) is 7.04. The third-order valence-corrected chi connectivity index (χ3v) is 5.18. The van der Waals surface area contributed by atoms with Crippen LogP contribution in [0.15, 0.2) is 16.8 Å². The molecular weight excluding hydrogens is 317 g/mol. The number of aryl methyl sites for hydroxylation is 1. The van der Waals surface area contributed by atoms with E-state index in [0.29, 0.717) is 12.8 Å². The fourth-order valence-corrected chi connectivity index (χ4v) is 3.90. The average molecular weight is 335 g/mol. The Morgan fingerprint density at radius 1 is 1.38 bits per heavy atom. The first-order chi connectivity index (χ1) is 9.80. The Morgan fingerprint density at radius 3 is 2.62 bits per heavy atom. The number of hydrogen-bond donors (Lipinski definition) is 4. The fraction of sp³-hybridized carbons (Fsp3) is 0.500. The lowest BCUT2D eigenvalue weighted by Crippen LogP contribution is -2.35. The van der Waals surface area contributed by atoms with Crippen LogP contribution < -0.4 is 5.09 Å². The molecule has 0 bridgehead atoms. The van der Waals surface area contributed by atoms with Gasteiger partial charge in [-0.15, -0.1) is 0 Å². The number of thiophene rings is 1. The molecule has 21 heavy (non-hydrogen) atoms. The summed E-state index contributed by atoms with van der Waals surface area (Å²) in [7, 11) is -3.80. The Morgan fingerprint density at radius 2 is 2.10 bits per heavy atom. The summed E-state index contributed by atoms with van der Waals surface area (Å²) in [6, 6.07) is 0.589. The van der Waals surface area contributed by atoms with Crippen LogP contribution in [0.3, 0.4) is 0 Å². The van der Waals surface area contributed by atoms with Gasteiger partial charge in [0.15, 0.2) is 0 Å². The second-order valence-electron chi connectivity index (χ2n) is 4.61. The Labute approximate surface area is 126 Å². The van der Waals surface area contributed by atoms with E-state index in [-0.39, 0.29) is 19.0 Å². The number of nitrogens with one attached hydrogen (secondary N) is 1. The molecule has 1 rings (SSSR count). The lowest BCUT2D eigenvalue weighted by molar-refractivity contribution is -0.140. The molecule has 0 saturated heterocycles. The number of carboxylic acids is 2. The molecule has 9 heteroatoms. The van der Waals surface area contributed by atoms with Crippen molar-refractivity contribution < 1.29 is 29.3 Å². The summed E-state index contributed by atoms with van der Waals surface area (Å²) in [4.78, 5) is 31.2. The topological polar surface area (TPSA) is 124 Å². The molecule has 0 aliphatic heterocycles. The van der Waals surface area contributed by atoms with E-state index >= 15 is 0 Å². The second kappa shape index (κ2) is 8.29. The average Bonchev–Trinajstić information content (AvgIpc) is 2.86. The number of carboxylic acid groups (broad SMARTS) is 2. The quantitative estimate of drug-likeness (QED) is 0.480. The molecule has 0 aliphatic rings. The zero-order valence-electron chi connectivity index (χ0n) is 11.3. The highest BCUT2D eigenvalue weighted by molar-refractivity contribution is 7.55. The zero-order chi connectivity index (χ0) is 15.9. The summed E-state index contributed by atoms with van der Waals surface area (Å²) in [6.45, 7) is 0. The van der Waals surface area contributed by atoms with Gasteiger partial charge in [0, 0.05) is 12.6 Å².